The van der Waals surface area contributed by atoms with Gasteiger partial charge in [-0.25, -0.2) is 0 Å². The van der Waals surface area contributed by atoms with Crippen molar-refractivity contribution in [1.29, 1.82) is 0 Å². The van der Waals surface area contributed by atoms with E-state index in [4.69, 9.17) is 4.74 Å². The predicted molar refractivity (Wildman–Crippen MR) is 84.1 cm³/mol. The molecule has 4 heteroatoms. The molecule has 4 nitrogen and oxygen atoms in total. The van der Waals surface area contributed by atoms with E-state index in [1.807, 2.05) is 0 Å². The molecule has 1 unspecified atom stereocenters. The van der Waals surface area contributed by atoms with Gasteiger partial charge >= 0.3 is 0 Å². The van der Waals surface area contributed by atoms with Crippen LogP contribution >= 0.6 is 0 Å². The maximum absolute atomic E-state index is 12.3. The number of rotatable bonds is 7. The molecule has 2 rings (SSSR count). The monoisotopic (exact) mass is 290 g/mol. The number of carbonyl (C=O) groups excluding carboxylic acids is 1. The number of hydrogen-bond acceptors (Lipinski definition) is 3. The topological polar surface area (TPSA) is 41.6 Å². The second kappa shape index (κ2) is 8.15. The Labute approximate surface area is 127 Å². The predicted octanol–water partition coefficient (Wildman–Crippen LogP) is 2.11. The van der Waals surface area contributed by atoms with Crippen LogP contribution in [0.1, 0.15) is 30.4 Å². The first-order valence-electron chi connectivity index (χ1n) is 7.77. The van der Waals surface area contributed by atoms with Crippen LogP contribution in [-0.4, -0.2) is 43.7 Å². The molecule has 0 saturated carbocycles. The fourth-order valence-corrected chi connectivity index (χ4v) is 2.90. The summed E-state index contributed by atoms with van der Waals surface area (Å²) in [5.74, 6) is 0.163. The summed E-state index contributed by atoms with van der Waals surface area (Å²) >= 11 is 0. The maximum Gasteiger partial charge on any atom is 0.237 e. The number of amides is 1. The third-order valence-corrected chi connectivity index (χ3v) is 3.96. The van der Waals surface area contributed by atoms with Gasteiger partial charge in [-0.05, 0) is 38.3 Å². The number of likely N-dealkylation sites (tertiary alicyclic amines) is 1. The SMILES string of the molecule is COCCCNC(=O)C1CCCN1Cc1cccc(C)c1. The molecule has 1 aromatic carbocycles. The lowest BCUT2D eigenvalue weighted by Gasteiger charge is -2.24. The number of nitrogens with one attached hydrogen (secondary N) is 1. The third kappa shape index (κ3) is 4.83. The number of ether oxygens (including phenoxy) is 1. The zero-order chi connectivity index (χ0) is 15.1. The Hall–Kier alpha value is -1.39. The molecular weight excluding hydrogens is 264 g/mol. The standard InChI is InChI=1S/C17H26N2O2/c1-14-6-3-7-15(12-14)13-19-10-4-8-16(19)17(20)18-9-5-11-21-2/h3,6-7,12,16H,4-5,8-11,13H2,1-2H3,(H,18,20). The molecule has 1 atom stereocenters. The Kier molecular flexibility index (Phi) is 6.21. The van der Waals surface area contributed by atoms with Crippen molar-refractivity contribution in [3.63, 3.8) is 0 Å². The van der Waals surface area contributed by atoms with Crippen molar-refractivity contribution in [2.75, 3.05) is 26.8 Å². The summed E-state index contributed by atoms with van der Waals surface area (Å²) in [5, 5.41) is 3.03. The normalized spacial score (nSPS) is 18.9. The molecule has 1 aromatic rings. The fourth-order valence-electron chi connectivity index (χ4n) is 2.90. The summed E-state index contributed by atoms with van der Waals surface area (Å²) in [5.41, 5.74) is 2.56. The van der Waals surface area contributed by atoms with E-state index < -0.39 is 0 Å². The Morgan fingerprint density at radius 2 is 2.33 bits per heavy atom. The molecule has 1 N–H and O–H groups in total. The molecule has 0 aliphatic carbocycles. The number of methoxy groups -OCH3 is 1. The molecule has 1 aliphatic heterocycles. The molecule has 1 saturated heterocycles. The third-order valence-electron chi connectivity index (χ3n) is 3.96. The van der Waals surface area contributed by atoms with Crippen molar-refractivity contribution in [2.45, 2.75) is 38.8 Å². The van der Waals surface area contributed by atoms with Gasteiger partial charge in [-0.1, -0.05) is 29.8 Å². The zero-order valence-electron chi connectivity index (χ0n) is 13.1. The lowest BCUT2D eigenvalue weighted by molar-refractivity contribution is -0.125. The number of nitrogens with zero attached hydrogens (tertiary/aromatic N) is 1. The van der Waals surface area contributed by atoms with E-state index >= 15 is 0 Å². The van der Waals surface area contributed by atoms with Gasteiger partial charge in [0.2, 0.25) is 5.91 Å². The van der Waals surface area contributed by atoms with Crippen molar-refractivity contribution < 1.29 is 9.53 Å². The highest BCUT2D eigenvalue weighted by Gasteiger charge is 2.30. The van der Waals surface area contributed by atoms with Crippen molar-refractivity contribution in [3.8, 4) is 0 Å². The van der Waals surface area contributed by atoms with Gasteiger partial charge in [0, 0.05) is 26.8 Å². The van der Waals surface area contributed by atoms with Gasteiger partial charge in [0.15, 0.2) is 0 Å². The van der Waals surface area contributed by atoms with Crippen LogP contribution in [0.2, 0.25) is 0 Å². The van der Waals surface area contributed by atoms with E-state index in [-0.39, 0.29) is 11.9 Å². The van der Waals surface area contributed by atoms with Crippen LogP contribution in [0.3, 0.4) is 0 Å². The second-order valence-corrected chi connectivity index (χ2v) is 5.75. The summed E-state index contributed by atoms with van der Waals surface area (Å²) in [7, 11) is 1.68. The number of hydrogen-bond donors (Lipinski definition) is 1. The maximum atomic E-state index is 12.3. The van der Waals surface area contributed by atoms with Gasteiger partial charge in [-0.3, -0.25) is 9.69 Å². The minimum atomic E-state index is 0.0213. The number of carbonyl (C=O) groups is 1. The van der Waals surface area contributed by atoms with Crippen LogP contribution in [0.25, 0.3) is 0 Å². The largest absolute Gasteiger partial charge is 0.385 e. The first-order chi connectivity index (χ1) is 10.2. The average molecular weight is 290 g/mol. The Balaban J connectivity index is 1.86. The smallest absolute Gasteiger partial charge is 0.237 e. The molecule has 21 heavy (non-hydrogen) atoms. The van der Waals surface area contributed by atoms with E-state index in [9.17, 15) is 4.79 Å². The molecular formula is C17H26N2O2. The molecule has 0 bridgehead atoms. The fraction of sp³-hybridized carbons (Fsp3) is 0.588. The average Bonchev–Trinajstić information content (AvgIpc) is 2.91. The first kappa shape index (κ1) is 16.0. The van der Waals surface area contributed by atoms with Crippen LogP contribution in [0, 0.1) is 6.92 Å². The van der Waals surface area contributed by atoms with Crippen molar-refractivity contribution in [1.82, 2.24) is 10.2 Å². The van der Waals surface area contributed by atoms with Gasteiger partial charge in [-0.2, -0.15) is 0 Å². The van der Waals surface area contributed by atoms with E-state index in [0.717, 1.165) is 32.4 Å². The number of aryl methyl sites for hydroxylation is 1. The van der Waals surface area contributed by atoms with E-state index in [2.05, 4.69) is 41.4 Å². The second-order valence-electron chi connectivity index (χ2n) is 5.75. The number of benzene rings is 1. The molecule has 1 fully saturated rings. The van der Waals surface area contributed by atoms with Crippen molar-refractivity contribution >= 4 is 5.91 Å². The van der Waals surface area contributed by atoms with E-state index in [0.29, 0.717) is 13.2 Å². The highest BCUT2D eigenvalue weighted by atomic mass is 16.5. The van der Waals surface area contributed by atoms with Crippen LogP contribution < -0.4 is 5.32 Å². The van der Waals surface area contributed by atoms with Gasteiger partial charge in [0.25, 0.3) is 0 Å². The van der Waals surface area contributed by atoms with Gasteiger partial charge in [0.1, 0.15) is 0 Å². The minimum Gasteiger partial charge on any atom is -0.385 e. The molecule has 0 radical (unpaired) electrons. The Morgan fingerprint density at radius 3 is 3.10 bits per heavy atom. The van der Waals surface area contributed by atoms with Crippen molar-refractivity contribution in [3.05, 3.63) is 35.4 Å². The summed E-state index contributed by atoms with van der Waals surface area (Å²) in [6.07, 6.45) is 2.93. The zero-order valence-corrected chi connectivity index (χ0v) is 13.1. The lowest BCUT2D eigenvalue weighted by Crippen LogP contribution is -2.43. The summed E-state index contributed by atoms with van der Waals surface area (Å²) in [6.45, 7) is 5.36. The molecule has 0 aromatic heterocycles. The van der Waals surface area contributed by atoms with E-state index in [1.54, 1.807) is 7.11 Å². The van der Waals surface area contributed by atoms with Gasteiger partial charge in [0.05, 0.1) is 6.04 Å². The van der Waals surface area contributed by atoms with E-state index in [1.165, 1.54) is 11.1 Å². The van der Waals surface area contributed by atoms with Crippen molar-refractivity contribution in [2.24, 2.45) is 0 Å². The Bertz CT molecular complexity index is 462. The summed E-state index contributed by atoms with van der Waals surface area (Å²) < 4.78 is 5.00. The molecule has 1 heterocycles. The van der Waals surface area contributed by atoms with Crippen LogP contribution in [0.4, 0.5) is 0 Å². The highest BCUT2D eigenvalue weighted by Crippen LogP contribution is 2.20. The van der Waals surface area contributed by atoms with Crippen LogP contribution in [0.15, 0.2) is 24.3 Å². The summed E-state index contributed by atoms with van der Waals surface area (Å²) in [6, 6.07) is 8.55. The lowest BCUT2D eigenvalue weighted by atomic mass is 10.1. The highest BCUT2D eigenvalue weighted by molar-refractivity contribution is 5.82. The quantitative estimate of drug-likeness (QED) is 0.782. The first-order valence-corrected chi connectivity index (χ1v) is 7.77. The Morgan fingerprint density at radius 1 is 1.48 bits per heavy atom. The van der Waals surface area contributed by atoms with Gasteiger partial charge in [-0.15, -0.1) is 0 Å². The molecule has 1 amide bonds. The molecule has 0 spiro atoms. The summed E-state index contributed by atoms with van der Waals surface area (Å²) in [4.78, 5) is 14.6. The minimum absolute atomic E-state index is 0.0213. The van der Waals surface area contributed by atoms with Crippen LogP contribution in [0.5, 0.6) is 0 Å². The van der Waals surface area contributed by atoms with Crippen LogP contribution in [-0.2, 0) is 16.1 Å². The molecule has 116 valence electrons. The molecule has 1 aliphatic rings. The van der Waals surface area contributed by atoms with Gasteiger partial charge < -0.3 is 10.1 Å².